The van der Waals surface area contributed by atoms with Gasteiger partial charge in [0.05, 0.1) is 37.6 Å². The quantitative estimate of drug-likeness (QED) is 0.113. The molecule has 0 aromatic heterocycles. The highest BCUT2D eigenvalue weighted by molar-refractivity contribution is 7.47. The SMILES string of the molecule is O=C(OCCCCCCCOP(=O)(O)OCCCCCCCOC(=O)c1ccccc1)c1ccccc1. The van der Waals surface area contributed by atoms with Gasteiger partial charge >= 0.3 is 19.8 Å². The Bertz CT molecular complexity index is 862. The van der Waals surface area contributed by atoms with Gasteiger partial charge in [-0.15, -0.1) is 0 Å². The van der Waals surface area contributed by atoms with Gasteiger partial charge in [0.15, 0.2) is 0 Å². The molecule has 204 valence electrons. The smallest absolute Gasteiger partial charge is 0.462 e. The maximum absolute atomic E-state index is 11.9. The van der Waals surface area contributed by atoms with Crippen molar-refractivity contribution >= 4 is 19.8 Å². The third kappa shape index (κ3) is 14.7. The number of benzene rings is 2. The second-order valence-corrected chi connectivity index (χ2v) is 10.1. The van der Waals surface area contributed by atoms with Gasteiger partial charge in [-0.3, -0.25) is 9.05 Å². The monoisotopic (exact) mass is 534 g/mol. The largest absolute Gasteiger partial charge is 0.472 e. The maximum atomic E-state index is 11.9. The first-order valence-corrected chi connectivity index (χ1v) is 14.5. The number of hydrogen-bond donors (Lipinski definition) is 1. The van der Waals surface area contributed by atoms with Crippen LogP contribution >= 0.6 is 7.82 Å². The molecule has 0 radical (unpaired) electrons. The second-order valence-electron chi connectivity index (χ2n) is 8.67. The minimum Gasteiger partial charge on any atom is -0.462 e. The predicted molar refractivity (Wildman–Crippen MR) is 141 cm³/mol. The summed E-state index contributed by atoms with van der Waals surface area (Å²) in [5, 5.41) is 0. The Morgan fingerprint density at radius 2 is 0.865 bits per heavy atom. The van der Waals surface area contributed by atoms with Crippen LogP contribution in [0, 0.1) is 0 Å². The zero-order chi connectivity index (χ0) is 26.6. The summed E-state index contributed by atoms with van der Waals surface area (Å²) >= 11 is 0. The van der Waals surface area contributed by atoms with Crippen LogP contribution in [0.1, 0.15) is 84.9 Å². The Kier molecular flexibility index (Phi) is 15.5. The average molecular weight is 535 g/mol. The number of phosphoric ester groups is 1. The van der Waals surface area contributed by atoms with Crippen molar-refractivity contribution in [2.45, 2.75) is 64.2 Å². The van der Waals surface area contributed by atoms with Crippen molar-refractivity contribution < 1.29 is 37.6 Å². The fourth-order valence-corrected chi connectivity index (χ4v) is 4.31. The predicted octanol–water partition coefficient (Wildman–Crippen LogP) is 6.74. The molecule has 0 saturated carbocycles. The molecule has 0 amide bonds. The molecule has 0 aliphatic carbocycles. The van der Waals surface area contributed by atoms with Gasteiger partial charge in [0.2, 0.25) is 0 Å². The van der Waals surface area contributed by atoms with Crippen LogP contribution in [0.4, 0.5) is 0 Å². The summed E-state index contributed by atoms with van der Waals surface area (Å²) in [7, 11) is -4.02. The van der Waals surface area contributed by atoms with Crippen molar-refractivity contribution in [2.24, 2.45) is 0 Å². The topological polar surface area (TPSA) is 108 Å². The average Bonchev–Trinajstić information content (AvgIpc) is 2.91. The second kappa shape index (κ2) is 18.7. The van der Waals surface area contributed by atoms with E-state index < -0.39 is 7.82 Å². The lowest BCUT2D eigenvalue weighted by atomic mass is 10.1. The number of esters is 2. The van der Waals surface area contributed by atoms with Crippen LogP contribution in [0.5, 0.6) is 0 Å². The molecule has 0 fully saturated rings. The molecule has 1 N–H and O–H groups in total. The summed E-state index contributed by atoms with van der Waals surface area (Å²) in [4.78, 5) is 33.4. The molecule has 0 aliphatic heterocycles. The lowest BCUT2D eigenvalue weighted by Gasteiger charge is -2.12. The first kappa shape index (κ1) is 30.7. The van der Waals surface area contributed by atoms with E-state index in [1.165, 1.54) is 0 Å². The van der Waals surface area contributed by atoms with E-state index in [2.05, 4.69) is 0 Å². The summed E-state index contributed by atoms with van der Waals surface area (Å²) in [6, 6.07) is 17.8. The number of unbranched alkanes of at least 4 members (excludes halogenated alkanes) is 8. The number of carbonyl (C=O) groups is 2. The van der Waals surface area contributed by atoms with Gasteiger partial charge in [-0.25, -0.2) is 14.2 Å². The Hall–Kier alpha value is -2.51. The molecule has 2 aromatic carbocycles. The molecule has 37 heavy (non-hydrogen) atoms. The molecule has 0 saturated heterocycles. The van der Waals surface area contributed by atoms with Crippen LogP contribution in [0.25, 0.3) is 0 Å². The first-order chi connectivity index (χ1) is 18.0. The van der Waals surface area contributed by atoms with Crippen molar-refractivity contribution in [3.63, 3.8) is 0 Å². The van der Waals surface area contributed by atoms with E-state index in [4.69, 9.17) is 18.5 Å². The summed E-state index contributed by atoms with van der Waals surface area (Å²) in [6.45, 7) is 1.09. The molecule has 9 heteroatoms. The van der Waals surface area contributed by atoms with Crippen molar-refractivity contribution in [1.29, 1.82) is 0 Å². The zero-order valence-electron chi connectivity index (χ0n) is 21.4. The minimum atomic E-state index is -4.02. The number of hydrogen-bond acceptors (Lipinski definition) is 7. The van der Waals surface area contributed by atoms with Gasteiger partial charge in [-0.2, -0.15) is 0 Å². The Balaban J connectivity index is 1.35. The van der Waals surface area contributed by atoms with E-state index in [0.717, 1.165) is 51.4 Å². The van der Waals surface area contributed by atoms with Gasteiger partial charge in [-0.05, 0) is 49.9 Å². The molecule has 0 aliphatic rings. The molecule has 8 nitrogen and oxygen atoms in total. The molecule has 2 rings (SSSR count). The van der Waals surface area contributed by atoms with Crippen molar-refractivity contribution in [3.8, 4) is 0 Å². The number of rotatable bonds is 20. The lowest BCUT2D eigenvalue weighted by molar-refractivity contribution is 0.0488. The molecule has 0 unspecified atom stereocenters. The van der Waals surface area contributed by atoms with E-state index in [9.17, 15) is 19.0 Å². The van der Waals surface area contributed by atoms with Gasteiger partial charge < -0.3 is 14.4 Å². The van der Waals surface area contributed by atoms with E-state index in [0.29, 0.717) is 37.2 Å². The van der Waals surface area contributed by atoms with Crippen LogP contribution in [0.15, 0.2) is 60.7 Å². The van der Waals surface area contributed by atoms with Crippen LogP contribution in [-0.4, -0.2) is 43.3 Å². The van der Waals surface area contributed by atoms with E-state index in [1.54, 1.807) is 48.5 Å². The summed E-state index contributed by atoms with van der Waals surface area (Å²) in [5.74, 6) is -0.621. The van der Waals surface area contributed by atoms with Gasteiger partial charge in [0.1, 0.15) is 0 Å². The van der Waals surface area contributed by atoms with Gasteiger partial charge in [0.25, 0.3) is 0 Å². The normalized spacial score (nSPS) is 11.3. The molecule has 0 atom stereocenters. The lowest BCUT2D eigenvalue weighted by Crippen LogP contribution is -2.06. The first-order valence-electron chi connectivity index (χ1n) is 13.0. The molecule has 0 heterocycles. The van der Waals surface area contributed by atoms with E-state index >= 15 is 0 Å². The maximum Gasteiger partial charge on any atom is 0.472 e. The van der Waals surface area contributed by atoms with Crippen LogP contribution in [-0.2, 0) is 23.1 Å². The van der Waals surface area contributed by atoms with E-state index in [-0.39, 0.29) is 25.2 Å². The highest BCUT2D eigenvalue weighted by atomic mass is 31.2. The Morgan fingerprint density at radius 1 is 0.541 bits per heavy atom. The molecular weight excluding hydrogens is 495 g/mol. The van der Waals surface area contributed by atoms with Crippen LogP contribution in [0.3, 0.4) is 0 Å². The van der Waals surface area contributed by atoms with Crippen molar-refractivity contribution in [1.82, 2.24) is 0 Å². The fraction of sp³-hybridized carbons (Fsp3) is 0.500. The van der Waals surface area contributed by atoms with Crippen molar-refractivity contribution in [2.75, 3.05) is 26.4 Å². The highest BCUT2D eigenvalue weighted by Crippen LogP contribution is 2.43. The summed E-state index contributed by atoms with van der Waals surface area (Å²) < 4.78 is 32.5. The zero-order valence-corrected chi connectivity index (χ0v) is 22.3. The fourth-order valence-electron chi connectivity index (χ4n) is 3.51. The molecule has 0 spiro atoms. The highest BCUT2D eigenvalue weighted by Gasteiger charge is 2.20. The van der Waals surface area contributed by atoms with E-state index in [1.807, 2.05) is 12.1 Å². The Morgan fingerprint density at radius 3 is 1.24 bits per heavy atom. The van der Waals surface area contributed by atoms with Crippen LogP contribution < -0.4 is 0 Å². The standard InChI is InChI=1S/C28H39O8P/c29-27(25-17-9-7-10-18-25)33-21-13-3-1-5-15-23-35-37(31,32)36-24-16-6-2-4-14-22-34-28(30)26-19-11-8-12-20-26/h7-12,17-20H,1-6,13-16,21-24H2,(H,31,32). The third-order valence-corrected chi connectivity index (χ3v) is 6.59. The van der Waals surface area contributed by atoms with Gasteiger partial charge in [0, 0.05) is 0 Å². The molecule has 0 bridgehead atoms. The minimum absolute atomic E-state index is 0.165. The van der Waals surface area contributed by atoms with Crippen LogP contribution in [0.2, 0.25) is 0 Å². The summed E-state index contributed by atoms with van der Waals surface area (Å²) in [5.41, 5.74) is 1.10. The van der Waals surface area contributed by atoms with Crippen molar-refractivity contribution in [3.05, 3.63) is 71.8 Å². The van der Waals surface area contributed by atoms with Gasteiger partial charge in [-0.1, -0.05) is 74.9 Å². The summed E-state index contributed by atoms with van der Waals surface area (Å²) in [6.07, 6.45) is 8.25. The number of ether oxygens (including phenoxy) is 2. The molecule has 2 aromatic rings. The number of carbonyl (C=O) groups excluding carboxylic acids is 2. The number of phosphoric acid groups is 1. The third-order valence-electron chi connectivity index (χ3n) is 5.57. The Labute approximate surface area is 219 Å². The molecular formula is C28H39O8P.